The van der Waals surface area contributed by atoms with Crippen molar-refractivity contribution in [3.63, 3.8) is 0 Å². The van der Waals surface area contributed by atoms with Gasteiger partial charge in [-0.05, 0) is 26.0 Å². The SMILES string of the molecule is CC(C)(Nc1ccnc(-c2c[nH]c3ncc(Cl)cc23)n1)C(=O)NCCF.[HH]. The van der Waals surface area contributed by atoms with E-state index < -0.39 is 12.2 Å². The van der Waals surface area contributed by atoms with Crippen LogP contribution >= 0.6 is 11.6 Å². The molecule has 3 rings (SSSR count). The highest BCUT2D eigenvalue weighted by atomic mass is 35.5. The Morgan fingerprint density at radius 2 is 2.23 bits per heavy atom. The third kappa shape index (κ3) is 3.75. The number of amides is 1. The number of rotatable bonds is 6. The molecule has 9 heteroatoms. The van der Waals surface area contributed by atoms with E-state index >= 15 is 0 Å². The van der Waals surface area contributed by atoms with Gasteiger partial charge in [0.05, 0.1) is 5.02 Å². The van der Waals surface area contributed by atoms with Gasteiger partial charge in [-0.1, -0.05) is 11.6 Å². The van der Waals surface area contributed by atoms with Crippen molar-refractivity contribution in [3.05, 3.63) is 35.7 Å². The number of nitrogens with one attached hydrogen (secondary N) is 3. The monoisotopic (exact) mass is 378 g/mol. The summed E-state index contributed by atoms with van der Waals surface area (Å²) in [4.78, 5) is 28.2. The predicted molar refractivity (Wildman–Crippen MR) is 101 cm³/mol. The van der Waals surface area contributed by atoms with Gasteiger partial charge in [-0.25, -0.2) is 19.3 Å². The molecule has 0 aliphatic heterocycles. The van der Waals surface area contributed by atoms with Crippen molar-refractivity contribution < 1.29 is 10.6 Å². The Hall–Kier alpha value is -2.74. The maximum atomic E-state index is 12.3. The summed E-state index contributed by atoms with van der Waals surface area (Å²) in [6.07, 6.45) is 4.91. The number of aromatic amines is 1. The largest absolute Gasteiger partial charge is 0.356 e. The molecule has 3 heterocycles. The van der Waals surface area contributed by atoms with Crippen LogP contribution in [0.25, 0.3) is 22.4 Å². The van der Waals surface area contributed by atoms with E-state index in [2.05, 4.69) is 30.6 Å². The van der Waals surface area contributed by atoms with Crippen LogP contribution in [0.2, 0.25) is 5.02 Å². The lowest BCUT2D eigenvalue weighted by Gasteiger charge is -2.25. The number of carbonyl (C=O) groups is 1. The molecule has 138 valence electrons. The number of nitrogens with zero attached hydrogens (tertiary/aromatic N) is 3. The fourth-order valence-electron chi connectivity index (χ4n) is 2.48. The predicted octanol–water partition coefficient (Wildman–Crippen LogP) is 3.20. The topological polar surface area (TPSA) is 95.6 Å². The maximum absolute atomic E-state index is 12.3. The van der Waals surface area contributed by atoms with Crippen LogP contribution in [0.1, 0.15) is 15.3 Å². The molecular formula is C17H20ClFN6O. The summed E-state index contributed by atoms with van der Waals surface area (Å²) in [6, 6.07) is 3.45. The second-order valence-corrected chi connectivity index (χ2v) is 6.65. The Morgan fingerprint density at radius 3 is 3.00 bits per heavy atom. The van der Waals surface area contributed by atoms with Crippen LogP contribution in [0, 0.1) is 0 Å². The van der Waals surface area contributed by atoms with Gasteiger partial charge in [0.2, 0.25) is 5.91 Å². The maximum Gasteiger partial charge on any atom is 0.245 e. The summed E-state index contributed by atoms with van der Waals surface area (Å²) in [7, 11) is 0. The molecule has 0 aliphatic rings. The second-order valence-electron chi connectivity index (χ2n) is 6.21. The van der Waals surface area contributed by atoms with E-state index in [1.54, 1.807) is 44.6 Å². The summed E-state index contributed by atoms with van der Waals surface area (Å²) in [5.41, 5.74) is 0.460. The van der Waals surface area contributed by atoms with Gasteiger partial charge >= 0.3 is 0 Å². The third-order valence-electron chi connectivity index (χ3n) is 3.78. The van der Waals surface area contributed by atoms with Crippen LogP contribution in [-0.4, -0.2) is 44.6 Å². The number of carbonyl (C=O) groups excluding carboxylic acids is 1. The molecule has 26 heavy (non-hydrogen) atoms. The summed E-state index contributed by atoms with van der Waals surface area (Å²) in [5.74, 6) is 0.614. The first kappa shape index (κ1) is 18.1. The Morgan fingerprint density at radius 1 is 1.42 bits per heavy atom. The fraction of sp³-hybridized carbons (Fsp3) is 0.294. The molecule has 0 atom stereocenters. The molecule has 0 spiro atoms. The van der Waals surface area contributed by atoms with Crippen molar-refractivity contribution >= 4 is 34.4 Å². The number of anilines is 1. The molecule has 0 aromatic carbocycles. The smallest absolute Gasteiger partial charge is 0.245 e. The molecule has 0 radical (unpaired) electrons. The molecular weight excluding hydrogens is 359 g/mol. The summed E-state index contributed by atoms with van der Waals surface area (Å²) < 4.78 is 12.3. The summed E-state index contributed by atoms with van der Waals surface area (Å²) in [5, 5.41) is 6.88. The first-order valence-electron chi connectivity index (χ1n) is 7.99. The molecule has 0 saturated heterocycles. The standard InChI is InChI=1S/C17H18ClFN6O.H2/c1-17(2,16(26)21-6-4-19)25-13-3-5-20-15(24-13)12-9-23-14-11(12)7-10(18)8-22-14;/h3,5,7-9H,4,6H2,1-2H3,(H,21,26)(H,22,23)(H,20,24,25);1H. The highest BCUT2D eigenvalue weighted by Crippen LogP contribution is 2.27. The highest BCUT2D eigenvalue weighted by Gasteiger charge is 2.27. The quantitative estimate of drug-likeness (QED) is 0.612. The Labute approximate surface area is 155 Å². The number of alkyl halides is 1. The molecule has 0 bridgehead atoms. The van der Waals surface area contributed by atoms with Crippen LogP contribution in [-0.2, 0) is 4.79 Å². The van der Waals surface area contributed by atoms with Crippen molar-refractivity contribution in [2.45, 2.75) is 19.4 Å². The lowest BCUT2D eigenvalue weighted by molar-refractivity contribution is -0.124. The summed E-state index contributed by atoms with van der Waals surface area (Å²) >= 11 is 6.03. The molecule has 3 N–H and O–H groups in total. The molecule has 0 unspecified atom stereocenters. The van der Waals surface area contributed by atoms with Crippen molar-refractivity contribution in [2.75, 3.05) is 18.5 Å². The average molecular weight is 379 g/mol. The zero-order valence-corrected chi connectivity index (χ0v) is 15.1. The normalized spacial score (nSPS) is 11.5. The first-order chi connectivity index (χ1) is 12.4. The van der Waals surface area contributed by atoms with Crippen LogP contribution < -0.4 is 10.6 Å². The van der Waals surface area contributed by atoms with Crippen LogP contribution in [0.4, 0.5) is 10.2 Å². The van der Waals surface area contributed by atoms with E-state index in [0.29, 0.717) is 22.3 Å². The van der Waals surface area contributed by atoms with E-state index in [9.17, 15) is 9.18 Å². The number of halogens is 2. The van der Waals surface area contributed by atoms with Crippen LogP contribution in [0.3, 0.4) is 0 Å². The molecule has 0 fully saturated rings. The van der Waals surface area contributed by atoms with Gasteiger partial charge in [0.15, 0.2) is 5.82 Å². The van der Waals surface area contributed by atoms with E-state index in [0.717, 1.165) is 10.9 Å². The van der Waals surface area contributed by atoms with Gasteiger partial charge in [-0.15, -0.1) is 0 Å². The Balaban J connectivity index is 0.00000261. The number of H-pyrrole nitrogens is 1. The molecule has 1 amide bonds. The molecule has 3 aromatic heterocycles. The van der Waals surface area contributed by atoms with E-state index in [4.69, 9.17) is 11.6 Å². The fourth-order valence-corrected chi connectivity index (χ4v) is 2.64. The van der Waals surface area contributed by atoms with Crippen molar-refractivity contribution in [1.29, 1.82) is 0 Å². The Kier molecular flexibility index (Phi) is 5.03. The van der Waals surface area contributed by atoms with Crippen LogP contribution in [0.15, 0.2) is 30.7 Å². The Bertz CT molecular complexity index is 948. The average Bonchev–Trinajstić information content (AvgIpc) is 3.02. The van der Waals surface area contributed by atoms with E-state index in [1.165, 1.54) is 0 Å². The minimum absolute atomic E-state index is 0. The number of hydrogen-bond donors (Lipinski definition) is 3. The third-order valence-corrected chi connectivity index (χ3v) is 3.99. The zero-order valence-electron chi connectivity index (χ0n) is 14.3. The number of pyridine rings is 1. The van der Waals surface area contributed by atoms with Crippen LogP contribution in [0.5, 0.6) is 0 Å². The van der Waals surface area contributed by atoms with Crippen molar-refractivity contribution in [3.8, 4) is 11.4 Å². The lowest BCUT2D eigenvalue weighted by Crippen LogP contribution is -2.48. The summed E-state index contributed by atoms with van der Waals surface area (Å²) in [6.45, 7) is 2.74. The van der Waals surface area contributed by atoms with Crippen molar-refractivity contribution in [1.82, 2.24) is 25.3 Å². The van der Waals surface area contributed by atoms with Crippen molar-refractivity contribution in [2.24, 2.45) is 0 Å². The van der Waals surface area contributed by atoms with E-state index in [-0.39, 0.29) is 13.9 Å². The van der Waals surface area contributed by atoms with Gasteiger partial charge in [0.25, 0.3) is 0 Å². The first-order valence-corrected chi connectivity index (χ1v) is 8.37. The van der Waals surface area contributed by atoms with Gasteiger partial charge in [0.1, 0.15) is 23.7 Å². The number of fused-ring (bicyclic) bond motifs is 1. The zero-order chi connectivity index (χ0) is 18.7. The molecule has 0 saturated carbocycles. The van der Waals surface area contributed by atoms with Gasteiger partial charge < -0.3 is 15.6 Å². The van der Waals surface area contributed by atoms with Gasteiger partial charge in [-0.3, -0.25) is 4.79 Å². The molecule has 0 aliphatic carbocycles. The minimum Gasteiger partial charge on any atom is -0.356 e. The number of aromatic nitrogens is 4. The van der Waals surface area contributed by atoms with E-state index in [1.807, 2.05) is 0 Å². The molecule has 3 aromatic rings. The molecule has 7 nitrogen and oxygen atoms in total. The lowest BCUT2D eigenvalue weighted by atomic mass is 10.0. The highest BCUT2D eigenvalue weighted by molar-refractivity contribution is 6.31. The minimum atomic E-state index is -0.966. The number of hydrogen-bond acceptors (Lipinski definition) is 5. The second kappa shape index (κ2) is 7.25. The van der Waals surface area contributed by atoms with Gasteiger partial charge in [-0.2, -0.15) is 0 Å². The van der Waals surface area contributed by atoms with Gasteiger partial charge in [0, 0.05) is 37.5 Å².